The summed E-state index contributed by atoms with van der Waals surface area (Å²) in [5, 5.41) is 2.14. The van der Waals surface area contributed by atoms with Crippen molar-refractivity contribution in [3.8, 4) is 0 Å². The maximum absolute atomic E-state index is 2.28. The summed E-state index contributed by atoms with van der Waals surface area (Å²) in [5.41, 5.74) is 0. The minimum atomic E-state index is 0.365. The van der Waals surface area contributed by atoms with Gasteiger partial charge in [0.1, 0.15) is 0 Å². The first-order chi connectivity index (χ1) is 3.43. The van der Waals surface area contributed by atoms with Crippen LogP contribution >= 0.6 is 11.3 Å². The number of alkyl halides is 1. The summed E-state index contributed by atoms with van der Waals surface area (Å²) in [6.07, 6.45) is 0. The summed E-state index contributed by atoms with van der Waals surface area (Å²) >= 11 is 2.24. The molecule has 0 aliphatic carbocycles. The molecule has 40 valence electrons. The fourth-order valence-electron chi connectivity index (χ4n) is 0.366. The van der Waals surface area contributed by atoms with Gasteiger partial charge in [-0.05, 0) is 0 Å². The molecule has 0 saturated carbocycles. The van der Waals surface area contributed by atoms with Gasteiger partial charge < -0.3 is 0 Å². The van der Waals surface area contributed by atoms with Crippen molar-refractivity contribution in [1.82, 2.24) is 0 Å². The summed E-state index contributed by atoms with van der Waals surface area (Å²) in [6.45, 7) is 0. The van der Waals surface area contributed by atoms with E-state index in [-0.39, 0.29) is 0 Å². The Morgan fingerprint density at radius 1 is 1.71 bits per heavy atom. The molecule has 0 radical (unpaired) electrons. The molecule has 7 heavy (non-hydrogen) atoms. The molecule has 0 atom stereocenters. The van der Waals surface area contributed by atoms with Crippen LogP contribution in [0.5, 0.6) is 0 Å². The van der Waals surface area contributed by atoms with E-state index < -0.39 is 0 Å². The fourth-order valence-corrected chi connectivity index (χ4v) is 2.67. The summed E-state index contributed by atoms with van der Waals surface area (Å²) in [4.78, 5) is 2.28. The normalized spacial score (nSPS) is 9.86. The van der Waals surface area contributed by atoms with Gasteiger partial charge in [-0.15, -0.1) is 0 Å². The van der Waals surface area contributed by atoms with Crippen LogP contribution in [0.3, 0.4) is 0 Å². The molecule has 0 fully saturated rings. The Kier molecular flexibility index (Phi) is 2.12. The Hall–Kier alpha value is 0.430. The van der Waals surface area contributed by atoms with Gasteiger partial charge in [0.15, 0.2) is 0 Å². The third-order valence-electron chi connectivity index (χ3n) is 0.673. The number of thiophene rings is 1. The zero-order chi connectivity index (χ0) is 5.11. The molecule has 1 rings (SSSR count). The van der Waals surface area contributed by atoms with E-state index in [1.807, 2.05) is 11.3 Å². The van der Waals surface area contributed by atoms with Crippen LogP contribution in [0.4, 0.5) is 0 Å². The van der Waals surface area contributed by atoms with E-state index in [0.717, 1.165) is 0 Å². The average molecular weight is 225 g/mol. The molecule has 0 unspecified atom stereocenters. The second kappa shape index (κ2) is 2.67. The standard InChI is InChI=1S/C5H6IS/c1-6-5-3-2-4-7-5/h2-4H,1H3/q-1. The number of hydrogen-bond acceptors (Lipinski definition) is 1. The SMILES string of the molecule is C[I-]c1cccs1. The Morgan fingerprint density at radius 2 is 2.57 bits per heavy atom. The molecule has 0 aromatic carbocycles. The van der Waals surface area contributed by atoms with Crippen LogP contribution in [-0.2, 0) is 0 Å². The van der Waals surface area contributed by atoms with E-state index in [2.05, 4.69) is 22.4 Å². The third-order valence-corrected chi connectivity index (χ3v) is 4.55. The third kappa shape index (κ3) is 1.42. The topological polar surface area (TPSA) is 0 Å². The summed E-state index contributed by atoms with van der Waals surface area (Å²) < 4.78 is 1.58. The molecule has 1 aromatic heterocycles. The molecule has 0 aliphatic heterocycles. The van der Waals surface area contributed by atoms with E-state index in [1.54, 1.807) is 2.88 Å². The minimum absolute atomic E-state index is 0.365. The van der Waals surface area contributed by atoms with Crippen molar-refractivity contribution < 1.29 is 21.2 Å². The van der Waals surface area contributed by atoms with Gasteiger partial charge in [0.2, 0.25) is 0 Å². The van der Waals surface area contributed by atoms with E-state index in [1.165, 1.54) is 0 Å². The first-order valence-corrected chi connectivity index (χ1v) is 6.08. The Morgan fingerprint density at radius 3 is 2.86 bits per heavy atom. The predicted molar refractivity (Wildman–Crippen MR) is 28.9 cm³/mol. The molecule has 0 spiro atoms. The number of rotatable bonds is 1. The molecule has 0 N–H and O–H groups in total. The van der Waals surface area contributed by atoms with Gasteiger partial charge >= 0.3 is 57.9 Å². The van der Waals surface area contributed by atoms with Gasteiger partial charge in [-0.3, -0.25) is 0 Å². The summed E-state index contributed by atoms with van der Waals surface area (Å²) in [5.74, 6) is 0. The van der Waals surface area contributed by atoms with Gasteiger partial charge in [0.05, 0.1) is 0 Å². The van der Waals surface area contributed by atoms with Crippen LogP contribution in [-0.4, -0.2) is 4.93 Å². The molecule has 0 nitrogen and oxygen atoms in total. The molecule has 1 heterocycles. The van der Waals surface area contributed by atoms with Crippen molar-refractivity contribution in [2.75, 3.05) is 4.93 Å². The van der Waals surface area contributed by atoms with Crippen LogP contribution < -0.4 is 21.2 Å². The van der Waals surface area contributed by atoms with Gasteiger partial charge in [-0.25, -0.2) is 0 Å². The van der Waals surface area contributed by atoms with Gasteiger partial charge in [0.25, 0.3) is 0 Å². The average Bonchev–Trinajstić information content (AvgIpc) is 2.14. The van der Waals surface area contributed by atoms with Crippen LogP contribution in [0.15, 0.2) is 17.5 Å². The van der Waals surface area contributed by atoms with E-state index in [4.69, 9.17) is 0 Å². The van der Waals surface area contributed by atoms with E-state index >= 15 is 0 Å². The molecule has 0 amide bonds. The Labute approximate surface area is 57.8 Å². The van der Waals surface area contributed by atoms with Crippen LogP contribution in [0.25, 0.3) is 0 Å². The Bertz CT molecular complexity index is 123. The zero-order valence-electron chi connectivity index (χ0n) is 4.02. The fraction of sp³-hybridized carbons (Fsp3) is 0.200. The first-order valence-electron chi connectivity index (χ1n) is 1.96. The van der Waals surface area contributed by atoms with Gasteiger partial charge in [0, 0.05) is 0 Å². The monoisotopic (exact) mass is 225 g/mol. The molecular formula is C5H6IS-. The van der Waals surface area contributed by atoms with E-state index in [0.29, 0.717) is 21.2 Å². The van der Waals surface area contributed by atoms with Crippen molar-refractivity contribution in [3.63, 3.8) is 0 Å². The Balaban J connectivity index is 2.76. The van der Waals surface area contributed by atoms with Crippen LogP contribution in [0, 0.1) is 2.88 Å². The summed E-state index contributed by atoms with van der Waals surface area (Å²) in [7, 11) is 0. The number of hydrogen-bond donors (Lipinski definition) is 0. The first kappa shape index (κ1) is 5.56. The molecule has 1 aromatic rings. The van der Waals surface area contributed by atoms with Crippen molar-refractivity contribution in [3.05, 3.63) is 20.4 Å². The van der Waals surface area contributed by atoms with Gasteiger partial charge in [-0.2, -0.15) is 0 Å². The quantitative estimate of drug-likeness (QED) is 0.409. The molecule has 0 aliphatic rings. The number of halogens is 1. The molecule has 0 bridgehead atoms. The maximum atomic E-state index is 2.28. The molecule has 0 saturated heterocycles. The van der Waals surface area contributed by atoms with Crippen molar-refractivity contribution in [2.45, 2.75) is 0 Å². The molecule has 2 heteroatoms. The van der Waals surface area contributed by atoms with Crippen LogP contribution in [0.2, 0.25) is 0 Å². The second-order valence-electron chi connectivity index (χ2n) is 1.11. The van der Waals surface area contributed by atoms with Crippen molar-refractivity contribution in [2.24, 2.45) is 0 Å². The summed E-state index contributed by atoms with van der Waals surface area (Å²) in [6, 6.07) is 4.32. The van der Waals surface area contributed by atoms with Crippen molar-refractivity contribution >= 4 is 11.3 Å². The second-order valence-corrected chi connectivity index (χ2v) is 5.03. The van der Waals surface area contributed by atoms with Crippen LogP contribution in [0.1, 0.15) is 0 Å². The van der Waals surface area contributed by atoms with E-state index in [9.17, 15) is 0 Å². The zero-order valence-corrected chi connectivity index (χ0v) is 6.99. The van der Waals surface area contributed by atoms with Gasteiger partial charge in [-0.1, -0.05) is 0 Å². The molecular weight excluding hydrogens is 219 g/mol. The predicted octanol–water partition coefficient (Wildman–Crippen LogP) is -1.36. The van der Waals surface area contributed by atoms with Crippen molar-refractivity contribution in [1.29, 1.82) is 0 Å².